The molecule has 3 heterocycles. The van der Waals surface area contributed by atoms with Crippen LogP contribution in [0.15, 0.2) is 47.9 Å². The molecule has 1 aliphatic rings. The van der Waals surface area contributed by atoms with E-state index in [2.05, 4.69) is 21.4 Å². The molecular formula is C22H22N4O3. The highest BCUT2D eigenvalue weighted by Gasteiger charge is 2.21. The standard InChI is InChI=1S/C22H22N4O3/c1-3-15-6-18(11-26(2)22(15)28)17-7-16-4-5-20(27)25-21(16)19(8-17)29-12-14-9-23-13-24-10-14/h6-11,13H,3-5,12H2,1-2H3,(H,25,27). The summed E-state index contributed by atoms with van der Waals surface area (Å²) in [5, 5.41) is 2.94. The van der Waals surface area contributed by atoms with E-state index in [1.54, 1.807) is 24.0 Å². The van der Waals surface area contributed by atoms with Crippen LogP contribution in [0.4, 0.5) is 5.69 Å². The van der Waals surface area contributed by atoms with Crippen LogP contribution >= 0.6 is 0 Å². The lowest BCUT2D eigenvalue weighted by Crippen LogP contribution is -2.21. The van der Waals surface area contributed by atoms with Crippen molar-refractivity contribution in [2.24, 2.45) is 7.05 Å². The summed E-state index contributed by atoms with van der Waals surface area (Å²) in [5.74, 6) is 0.579. The van der Waals surface area contributed by atoms with Crippen LogP contribution in [0.3, 0.4) is 0 Å². The molecule has 0 atom stereocenters. The fourth-order valence-corrected chi connectivity index (χ4v) is 3.50. The van der Waals surface area contributed by atoms with Gasteiger partial charge in [-0.1, -0.05) is 6.92 Å². The minimum Gasteiger partial charge on any atom is -0.487 e. The fourth-order valence-electron chi connectivity index (χ4n) is 3.50. The van der Waals surface area contributed by atoms with Crippen LogP contribution in [0.5, 0.6) is 5.75 Å². The molecule has 0 saturated carbocycles. The van der Waals surface area contributed by atoms with E-state index in [1.807, 2.05) is 25.3 Å². The van der Waals surface area contributed by atoms with Crippen molar-refractivity contribution < 1.29 is 9.53 Å². The van der Waals surface area contributed by atoms with Crippen molar-refractivity contribution in [3.8, 4) is 16.9 Å². The maximum atomic E-state index is 12.3. The third-order valence-corrected chi connectivity index (χ3v) is 5.05. The molecule has 0 fully saturated rings. The molecule has 1 N–H and O–H groups in total. The number of benzene rings is 1. The Hall–Kier alpha value is -3.48. The van der Waals surface area contributed by atoms with Gasteiger partial charge in [-0.25, -0.2) is 9.97 Å². The third kappa shape index (κ3) is 3.89. The molecule has 0 saturated heterocycles. The molecule has 0 bridgehead atoms. The number of hydrogen-bond acceptors (Lipinski definition) is 5. The van der Waals surface area contributed by atoms with E-state index < -0.39 is 0 Å². The highest BCUT2D eigenvalue weighted by atomic mass is 16.5. The van der Waals surface area contributed by atoms with Gasteiger partial charge in [0.2, 0.25) is 5.91 Å². The minimum atomic E-state index is -0.0199. The molecule has 29 heavy (non-hydrogen) atoms. The quantitative estimate of drug-likeness (QED) is 0.724. The van der Waals surface area contributed by atoms with Crippen molar-refractivity contribution in [2.75, 3.05) is 5.32 Å². The summed E-state index contributed by atoms with van der Waals surface area (Å²) in [6.07, 6.45) is 8.45. The molecular weight excluding hydrogens is 368 g/mol. The first-order valence-electron chi connectivity index (χ1n) is 9.58. The van der Waals surface area contributed by atoms with Gasteiger partial charge in [-0.15, -0.1) is 0 Å². The summed E-state index contributed by atoms with van der Waals surface area (Å²) >= 11 is 0. The van der Waals surface area contributed by atoms with Crippen molar-refractivity contribution >= 4 is 11.6 Å². The molecule has 4 rings (SSSR count). The van der Waals surface area contributed by atoms with Crippen LogP contribution in [0.25, 0.3) is 11.1 Å². The first-order chi connectivity index (χ1) is 14.0. The van der Waals surface area contributed by atoms with Crippen molar-refractivity contribution in [1.29, 1.82) is 0 Å². The van der Waals surface area contributed by atoms with Gasteiger partial charge in [-0.3, -0.25) is 9.59 Å². The average molecular weight is 390 g/mol. The zero-order chi connectivity index (χ0) is 20.4. The SMILES string of the molecule is CCc1cc(-c2cc3c(c(OCc4cncnc4)c2)NC(=O)CC3)cn(C)c1=O. The van der Waals surface area contributed by atoms with Crippen LogP contribution in [0.1, 0.15) is 30.0 Å². The average Bonchev–Trinajstić information content (AvgIpc) is 2.74. The lowest BCUT2D eigenvalue weighted by molar-refractivity contribution is -0.116. The first-order valence-corrected chi connectivity index (χ1v) is 9.58. The van der Waals surface area contributed by atoms with Gasteiger partial charge >= 0.3 is 0 Å². The number of aryl methyl sites for hydroxylation is 3. The maximum Gasteiger partial charge on any atom is 0.253 e. The summed E-state index contributed by atoms with van der Waals surface area (Å²) < 4.78 is 7.66. The van der Waals surface area contributed by atoms with Gasteiger partial charge in [0.1, 0.15) is 18.7 Å². The van der Waals surface area contributed by atoms with Crippen molar-refractivity contribution in [3.05, 3.63) is 70.2 Å². The summed E-state index contributed by atoms with van der Waals surface area (Å²) in [5.41, 5.74) is 5.24. The number of ether oxygens (including phenoxy) is 1. The second kappa shape index (κ2) is 7.87. The predicted octanol–water partition coefficient (Wildman–Crippen LogP) is 2.87. The van der Waals surface area contributed by atoms with E-state index in [0.29, 0.717) is 37.3 Å². The molecule has 0 unspecified atom stereocenters. The molecule has 1 aliphatic heterocycles. The fraction of sp³-hybridized carbons (Fsp3) is 0.273. The Morgan fingerprint density at radius 1 is 1.10 bits per heavy atom. The highest BCUT2D eigenvalue weighted by molar-refractivity contribution is 5.96. The summed E-state index contributed by atoms with van der Waals surface area (Å²) in [6, 6.07) is 5.90. The molecule has 0 spiro atoms. The topological polar surface area (TPSA) is 86.1 Å². The number of rotatable bonds is 5. The van der Waals surface area contributed by atoms with E-state index in [1.165, 1.54) is 6.33 Å². The van der Waals surface area contributed by atoms with Gasteiger partial charge in [0.05, 0.1) is 5.69 Å². The number of nitrogens with zero attached hydrogens (tertiary/aromatic N) is 3. The second-order valence-electron chi connectivity index (χ2n) is 7.12. The number of nitrogens with one attached hydrogen (secondary N) is 1. The highest BCUT2D eigenvalue weighted by Crippen LogP contribution is 2.38. The van der Waals surface area contributed by atoms with Crippen molar-refractivity contribution in [3.63, 3.8) is 0 Å². The Morgan fingerprint density at radius 3 is 2.66 bits per heavy atom. The van der Waals surface area contributed by atoms with Gasteiger partial charge in [0.25, 0.3) is 5.56 Å². The minimum absolute atomic E-state index is 0.0158. The van der Waals surface area contributed by atoms with E-state index in [-0.39, 0.29) is 11.5 Å². The summed E-state index contributed by atoms with van der Waals surface area (Å²) in [4.78, 5) is 32.2. The summed E-state index contributed by atoms with van der Waals surface area (Å²) in [7, 11) is 1.76. The van der Waals surface area contributed by atoms with Crippen LogP contribution in [-0.2, 0) is 31.3 Å². The normalized spacial score (nSPS) is 13.0. The van der Waals surface area contributed by atoms with Gasteiger partial charge in [0.15, 0.2) is 0 Å². The van der Waals surface area contributed by atoms with Gasteiger partial charge < -0.3 is 14.6 Å². The third-order valence-electron chi connectivity index (χ3n) is 5.05. The molecule has 0 radical (unpaired) electrons. The Kier molecular flexibility index (Phi) is 5.12. The largest absolute Gasteiger partial charge is 0.487 e. The van der Waals surface area contributed by atoms with Crippen molar-refractivity contribution in [2.45, 2.75) is 32.8 Å². The molecule has 1 aromatic carbocycles. The summed E-state index contributed by atoms with van der Waals surface area (Å²) in [6.45, 7) is 2.26. The van der Waals surface area contributed by atoms with E-state index in [4.69, 9.17) is 4.74 Å². The molecule has 0 aliphatic carbocycles. The molecule has 3 aromatic rings. The van der Waals surface area contributed by atoms with Gasteiger partial charge in [-0.05, 0) is 47.7 Å². The smallest absolute Gasteiger partial charge is 0.253 e. The van der Waals surface area contributed by atoms with Crippen LogP contribution < -0.4 is 15.6 Å². The molecule has 1 amide bonds. The van der Waals surface area contributed by atoms with Crippen LogP contribution in [-0.4, -0.2) is 20.4 Å². The first kappa shape index (κ1) is 18.9. The lowest BCUT2D eigenvalue weighted by atomic mass is 9.96. The number of aromatic nitrogens is 3. The van der Waals surface area contributed by atoms with Gasteiger partial charge in [0, 0.05) is 43.2 Å². The number of pyridine rings is 1. The lowest BCUT2D eigenvalue weighted by Gasteiger charge is -2.22. The number of carbonyl (C=O) groups excluding carboxylic acids is 1. The Balaban J connectivity index is 1.77. The number of fused-ring (bicyclic) bond motifs is 1. The molecule has 7 nitrogen and oxygen atoms in total. The molecule has 148 valence electrons. The number of amides is 1. The van der Waals surface area contributed by atoms with E-state index >= 15 is 0 Å². The zero-order valence-electron chi connectivity index (χ0n) is 16.4. The van der Waals surface area contributed by atoms with Crippen molar-refractivity contribution in [1.82, 2.24) is 14.5 Å². The second-order valence-corrected chi connectivity index (χ2v) is 7.12. The molecule has 2 aromatic heterocycles. The monoisotopic (exact) mass is 390 g/mol. The Bertz CT molecular complexity index is 1120. The predicted molar refractivity (Wildman–Crippen MR) is 110 cm³/mol. The molecule has 7 heteroatoms. The van der Waals surface area contributed by atoms with E-state index in [0.717, 1.165) is 27.8 Å². The van der Waals surface area contributed by atoms with Crippen LogP contribution in [0.2, 0.25) is 0 Å². The Labute approximate surface area is 168 Å². The number of anilines is 1. The van der Waals surface area contributed by atoms with Crippen LogP contribution in [0, 0.1) is 0 Å². The van der Waals surface area contributed by atoms with Gasteiger partial charge in [-0.2, -0.15) is 0 Å². The maximum absolute atomic E-state index is 12.3. The number of carbonyl (C=O) groups is 1. The zero-order valence-corrected chi connectivity index (χ0v) is 16.4. The Morgan fingerprint density at radius 2 is 1.90 bits per heavy atom. The van der Waals surface area contributed by atoms with E-state index in [9.17, 15) is 9.59 Å². The number of hydrogen-bond donors (Lipinski definition) is 1.